The molecule has 1 aliphatic heterocycles. The van der Waals surface area contributed by atoms with Gasteiger partial charge in [0.1, 0.15) is 10.9 Å². The van der Waals surface area contributed by atoms with Crippen molar-refractivity contribution in [3.63, 3.8) is 0 Å². The minimum absolute atomic E-state index is 0.0651. The van der Waals surface area contributed by atoms with E-state index in [4.69, 9.17) is 11.6 Å². The second kappa shape index (κ2) is 10.6. The van der Waals surface area contributed by atoms with E-state index < -0.39 is 27.9 Å². The lowest BCUT2D eigenvalue weighted by Crippen LogP contribution is -2.49. The summed E-state index contributed by atoms with van der Waals surface area (Å²) in [7, 11) is -4.02. The van der Waals surface area contributed by atoms with Crippen LogP contribution in [0.15, 0.2) is 53.4 Å². The zero-order valence-electron chi connectivity index (χ0n) is 19.3. The molecule has 2 aromatic carbocycles. The van der Waals surface area contributed by atoms with Crippen molar-refractivity contribution < 1.29 is 22.8 Å². The van der Waals surface area contributed by atoms with Gasteiger partial charge < -0.3 is 10.2 Å². The first-order chi connectivity index (χ1) is 16.0. The molecule has 182 valence electrons. The zero-order valence-corrected chi connectivity index (χ0v) is 20.9. The first-order valence-corrected chi connectivity index (χ1v) is 12.8. The van der Waals surface area contributed by atoms with Crippen LogP contribution in [-0.2, 0) is 26.2 Å². The highest BCUT2D eigenvalue weighted by Crippen LogP contribution is 2.30. The number of nitrogens with zero attached hydrogens (tertiary/aromatic N) is 2. The molecular formula is C24H28ClN3O5S. The zero-order chi connectivity index (χ0) is 25.0. The van der Waals surface area contributed by atoms with Gasteiger partial charge in [0, 0.05) is 31.1 Å². The van der Waals surface area contributed by atoms with Crippen molar-refractivity contribution >= 4 is 39.3 Å². The number of benzene rings is 2. The van der Waals surface area contributed by atoms with Crippen LogP contribution in [0.25, 0.3) is 0 Å². The SMILES string of the molecule is CC(C)CNC(=O)[C@H](C)N(Cc1cccc(Cl)c1)C(=O)CCN1C(=O)c2ccccc2S1(=O)=O. The molecule has 8 nitrogen and oxygen atoms in total. The van der Waals surface area contributed by atoms with Crippen molar-refractivity contribution in [3.05, 3.63) is 64.7 Å². The van der Waals surface area contributed by atoms with Gasteiger partial charge in [0.2, 0.25) is 11.8 Å². The Labute approximate surface area is 204 Å². The molecule has 0 spiro atoms. The lowest BCUT2D eigenvalue weighted by atomic mass is 10.1. The summed E-state index contributed by atoms with van der Waals surface area (Å²) in [5.41, 5.74) is 0.814. The van der Waals surface area contributed by atoms with E-state index >= 15 is 0 Å². The molecule has 0 fully saturated rings. The smallest absolute Gasteiger partial charge is 0.269 e. The molecule has 34 heavy (non-hydrogen) atoms. The van der Waals surface area contributed by atoms with E-state index in [1.165, 1.54) is 17.0 Å². The summed E-state index contributed by atoms with van der Waals surface area (Å²) < 4.78 is 26.3. The summed E-state index contributed by atoms with van der Waals surface area (Å²) in [6.07, 6.45) is -0.263. The van der Waals surface area contributed by atoms with Gasteiger partial charge in [0.15, 0.2) is 0 Å². The monoisotopic (exact) mass is 505 g/mol. The fraction of sp³-hybridized carbons (Fsp3) is 0.375. The van der Waals surface area contributed by atoms with Crippen molar-refractivity contribution in [1.82, 2.24) is 14.5 Å². The predicted octanol–water partition coefficient (Wildman–Crippen LogP) is 3.06. The van der Waals surface area contributed by atoms with Crippen molar-refractivity contribution in [2.24, 2.45) is 5.92 Å². The second-order valence-corrected chi connectivity index (χ2v) is 10.9. The van der Waals surface area contributed by atoms with Crippen LogP contribution in [0.1, 0.15) is 43.1 Å². The van der Waals surface area contributed by atoms with Crippen LogP contribution in [0.5, 0.6) is 0 Å². The van der Waals surface area contributed by atoms with Gasteiger partial charge >= 0.3 is 0 Å². The number of carbonyl (C=O) groups is 3. The number of sulfonamides is 1. The van der Waals surface area contributed by atoms with E-state index in [1.807, 2.05) is 13.8 Å². The number of nitrogens with one attached hydrogen (secondary N) is 1. The summed E-state index contributed by atoms with van der Waals surface area (Å²) >= 11 is 6.08. The van der Waals surface area contributed by atoms with Gasteiger partial charge in [-0.2, -0.15) is 0 Å². The van der Waals surface area contributed by atoms with Gasteiger partial charge in [-0.05, 0) is 42.7 Å². The van der Waals surface area contributed by atoms with E-state index in [0.717, 1.165) is 9.87 Å². The molecule has 0 radical (unpaired) electrons. The molecule has 0 bridgehead atoms. The molecule has 1 heterocycles. The Morgan fingerprint density at radius 2 is 1.79 bits per heavy atom. The molecule has 0 saturated carbocycles. The normalized spacial score (nSPS) is 15.2. The van der Waals surface area contributed by atoms with E-state index in [2.05, 4.69) is 5.32 Å². The summed E-state index contributed by atoms with van der Waals surface area (Å²) in [6, 6.07) is 12.1. The van der Waals surface area contributed by atoms with Crippen LogP contribution in [0, 0.1) is 5.92 Å². The number of carbonyl (C=O) groups excluding carboxylic acids is 3. The highest BCUT2D eigenvalue weighted by atomic mass is 35.5. The van der Waals surface area contributed by atoms with Crippen molar-refractivity contribution in [3.8, 4) is 0 Å². The van der Waals surface area contributed by atoms with Crippen LogP contribution < -0.4 is 5.32 Å². The Morgan fingerprint density at radius 1 is 1.09 bits per heavy atom. The molecule has 1 aliphatic rings. The van der Waals surface area contributed by atoms with Crippen molar-refractivity contribution in [2.75, 3.05) is 13.1 Å². The summed E-state index contributed by atoms with van der Waals surface area (Å²) in [5, 5.41) is 3.32. The maximum Gasteiger partial charge on any atom is 0.269 e. The lowest BCUT2D eigenvalue weighted by molar-refractivity contribution is -0.140. The van der Waals surface area contributed by atoms with Gasteiger partial charge in [0.25, 0.3) is 15.9 Å². The molecule has 0 unspecified atom stereocenters. The number of fused-ring (bicyclic) bond motifs is 1. The average Bonchev–Trinajstić information content (AvgIpc) is 2.99. The maximum absolute atomic E-state index is 13.2. The Balaban J connectivity index is 1.78. The molecule has 0 aliphatic carbocycles. The minimum Gasteiger partial charge on any atom is -0.354 e. The molecular weight excluding hydrogens is 478 g/mol. The average molecular weight is 506 g/mol. The lowest BCUT2D eigenvalue weighted by Gasteiger charge is -2.29. The van der Waals surface area contributed by atoms with Gasteiger partial charge in [-0.3, -0.25) is 14.4 Å². The number of hydrogen-bond acceptors (Lipinski definition) is 5. The third kappa shape index (κ3) is 5.59. The van der Waals surface area contributed by atoms with Crippen molar-refractivity contribution in [2.45, 2.75) is 44.7 Å². The second-order valence-electron chi connectivity index (χ2n) is 8.60. The molecule has 0 saturated heterocycles. The number of hydrogen-bond donors (Lipinski definition) is 1. The minimum atomic E-state index is -4.02. The molecule has 2 aromatic rings. The molecule has 1 N–H and O–H groups in total. The highest BCUT2D eigenvalue weighted by Gasteiger charge is 2.41. The van der Waals surface area contributed by atoms with Crippen molar-refractivity contribution in [1.29, 1.82) is 0 Å². The topological polar surface area (TPSA) is 104 Å². The standard InChI is InChI=1S/C24H28ClN3O5S/c1-16(2)14-26-23(30)17(3)27(15-18-7-6-8-19(25)13-18)22(29)11-12-28-24(31)20-9-4-5-10-21(20)34(28,32)33/h4-10,13,16-17H,11-12,14-15H2,1-3H3,(H,26,30)/t17-/m0/s1. The van der Waals surface area contributed by atoms with Crippen LogP contribution in [0.4, 0.5) is 0 Å². The first kappa shape index (κ1) is 25.7. The van der Waals surface area contributed by atoms with E-state index in [-0.39, 0.29) is 41.8 Å². The van der Waals surface area contributed by atoms with Crippen LogP contribution in [0.2, 0.25) is 5.02 Å². The summed E-state index contributed by atoms with van der Waals surface area (Å²) in [5.74, 6) is -1.19. The molecule has 10 heteroatoms. The quantitative estimate of drug-likeness (QED) is 0.564. The Hall–Kier alpha value is -2.91. The van der Waals surface area contributed by atoms with E-state index in [1.54, 1.807) is 43.3 Å². The largest absolute Gasteiger partial charge is 0.354 e. The maximum atomic E-state index is 13.2. The van der Waals surface area contributed by atoms with Gasteiger partial charge in [-0.25, -0.2) is 12.7 Å². The predicted molar refractivity (Wildman–Crippen MR) is 129 cm³/mol. The fourth-order valence-corrected chi connectivity index (χ4v) is 5.44. The third-order valence-electron chi connectivity index (χ3n) is 5.53. The Bertz CT molecular complexity index is 1200. The number of halogens is 1. The van der Waals surface area contributed by atoms with Crippen LogP contribution in [0.3, 0.4) is 0 Å². The van der Waals surface area contributed by atoms with Gasteiger partial charge in [0.05, 0.1) is 5.56 Å². The molecule has 1 atom stereocenters. The Morgan fingerprint density at radius 3 is 2.44 bits per heavy atom. The van der Waals surface area contributed by atoms with E-state index in [9.17, 15) is 22.8 Å². The molecule has 3 rings (SSSR count). The number of rotatable bonds is 9. The molecule has 0 aromatic heterocycles. The van der Waals surface area contributed by atoms with Crippen LogP contribution >= 0.6 is 11.6 Å². The highest BCUT2D eigenvalue weighted by molar-refractivity contribution is 7.90. The first-order valence-electron chi connectivity index (χ1n) is 11.0. The number of amides is 3. The Kier molecular flexibility index (Phi) is 7.99. The summed E-state index contributed by atoms with van der Waals surface area (Å²) in [4.78, 5) is 39.9. The van der Waals surface area contributed by atoms with Crippen LogP contribution in [-0.4, -0.2) is 54.5 Å². The van der Waals surface area contributed by atoms with E-state index in [0.29, 0.717) is 11.6 Å². The fourth-order valence-electron chi connectivity index (χ4n) is 3.66. The van der Waals surface area contributed by atoms with Gasteiger partial charge in [-0.15, -0.1) is 0 Å². The molecule has 3 amide bonds. The summed E-state index contributed by atoms with van der Waals surface area (Å²) in [6.45, 7) is 5.79. The third-order valence-corrected chi connectivity index (χ3v) is 7.61. The van der Waals surface area contributed by atoms with Gasteiger partial charge in [-0.1, -0.05) is 49.7 Å².